The van der Waals surface area contributed by atoms with Crippen molar-refractivity contribution in [2.24, 2.45) is 5.73 Å². The highest BCUT2D eigenvalue weighted by Gasteiger charge is 2.08. The highest BCUT2D eigenvalue weighted by molar-refractivity contribution is 6.31. The van der Waals surface area contributed by atoms with E-state index in [1.807, 2.05) is 6.92 Å². The average molecular weight is 504 g/mol. The second-order valence-electron chi connectivity index (χ2n) is 7.71. The van der Waals surface area contributed by atoms with Crippen molar-refractivity contribution in [1.82, 2.24) is 9.97 Å². The zero-order valence-electron chi connectivity index (χ0n) is 19.3. The summed E-state index contributed by atoms with van der Waals surface area (Å²) in [6.45, 7) is 1.94. The lowest BCUT2D eigenvalue weighted by molar-refractivity contribution is 0.0548. The fraction of sp³-hybridized carbons (Fsp3) is 0.111. The van der Waals surface area contributed by atoms with Crippen molar-refractivity contribution < 1.29 is 23.8 Å². The molecule has 4 rings (SSSR count). The Morgan fingerprint density at radius 2 is 1.67 bits per heavy atom. The molecule has 2 N–H and O–H groups in total. The molecule has 0 fully saturated rings. The minimum atomic E-state index is -0.556. The van der Waals surface area contributed by atoms with Crippen LogP contribution in [0.4, 0.5) is 0 Å². The largest absolute Gasteiger partial charge is 0.487 e. The number of carbonyl (C=O) groups is 2. The first-order chi connectivity index (χ1) is 17.4. The van der Waals surface area contributed by atoms with Gasteiger partial charge in [0.2, 0.25) is 11.8 Å². The number of esters is 1. The maximum absolute atomic E-state index is 12.1. The normalized spacial score (nSPS) is 11.8. The predicted molar refractivity (Wildman–Crippen MR) is 136 cm³/mol. The number of benzene rings is 3. The number of aromatic nitrogens is 2. The molecule has 1 unspecified atom stereocenters. The molecular weight excluding hydrogens is 482 g/mol. The van der Waals surface area contributed by atoms with Gasteiger partial charge in [0.15, 0.2) is 0 Å². The van der Waals surface area contributed by atoms with Crippen molar-refractivity contribution in [3.63, 3.8) is 0 Å². The number of nitrogens with zero attached hydrogens (tertiary/aromatic N) is 2. The molecule has 8 nitrogen and oxygen atoms in total. The van der Waals surface area contributed by atoms with Crippen molar-refractivity contribution in [3.05, 3.63) is 101 Å². The maximum Gasteiger partial charge on any atom is 0.338 e. The number of nitrogens with two attached hydrogens (primary N) is 1. The van der Waals surface area contributed by atoms with Gasteiger partial charge in [-0.1, -0.05) is 11.6 Å². The van der Waals surface area contributed by atoms with Gasteiger partial charge in [-0.15, -0.1) is 0 Å². The standard InChI is InChI=1S/C27H22ClN3O5/c1-17(3-2-14-34-27(33)19-6-4-18(5-7-19)26(29)32)35-21-9-11-22(12-10-21)36-25-16-30-24-15-20(28)8-13-23(24)31-25/h2-13,15-17H,14H2,1H3,(H2,29,32). The van der Waals surface area contributed by atoms with Crippen molar-refractivity contribution in [3.8, 4) is 17.4 Å². The molecule has 1 aromatic heterocycles. The Kier molecular flexibility index (Phi) is 7.77. The molecular formula is C27H22ClN3O5. The third-order valence-corrected chi connectivity index (χ3v) is 5.21. The molecule has 182 valence electrons. The number of carbonyl (C=O) groups excluding carboxylic acids is 2. The topological polar surface area (TPSA) is 114 Å². The number of amides is 1. The molecule has 1 heterocycles. The van der Waals surface area contributed by atoms with E-state index < -0.39 is 11.9 Å². The Morgan fingerprint density at radius 1 is 0.972 bits per heavy atom. The van der Waals surface area contributed by atoms with Crippen LogP contribution < -0.4 is 15.2 Å². The summed E-state index contributed by atoms with van der Waals surface area (Å²) in [5.41, 5.74) is 7.22. The van der Waals surface area contributed by atoms with Crippen LogP contribution >= 0.6 is 11.6 Å². The van der Waals surface area contributed by atoms with Crippen molar-refractivity contribution in [1.29, 1.82) is 0 Å². The Hall–Kier alpha value is -4.43. The van der Waals surface area contributed by atoms with Gasteiger partial charge >= 0.3 is 5.97 Å². The van der Waals surface area contributed by atoms with Crippen molar-refractivity contribution in [2.45, 2.75) is 13.0 Å². The van der Waals surface area contributed by atoms with E-state index >= 15 is 0 Å². The molecule has 0 radical (unpaired) electrons. The smallest absolute Gasteiger partial charge is 0.338 e. The van der Waals surface area contributed by atoms with Crippen molar-refractivity contribution >= 4 is 34.5 Å². The fourth-order valence-corrected chi connectivity index (χ4v) is 3.37. The average Bonchev–Trinajstić information content (AvgIpc) is 2.88. The summed E-state index contributed by atoms with van der Waals surface area (Å²) in [7, 11) is 0. The third kappa shape index (κ3) is 6.58. The van der Waals surface area contributed by atoms with Crippen LogP contribution in [0.15, 0.2) is 85.1 Å². The summed E-state index contributed by atoms with van der Waals surface area (Å²) in [4.78, 5) is 31.9. The molecule has 0 aliphatic rings. The molecule has 1 amide bonds. The van der Waals surface area contributed by atoms with Gasteiger partial charge in [-0.2, -0.15) is 0 Å². The van der Waals surface area contributed by atoms with Crippen LogP contribution in [-0.4, -0.2) is 34.6 Å². The van der Waals surface area contributed by atoms with Gasteiger partial charge < -0.3 is 19.9 Å². The highest BCUT2D eigenvalue weighted by Crippen LogP contribution is 2.25. The second kappa shape index (κ2) is 11.3. The Labute approximate surface area is 212 Å². The molecule has 0 aliphatic carbocycles. The van der Waals surface area contributed by atoms with Crippen LogP contribution in [0.25, 0.3) is 11.0 Å². The van der Waals surface area contributed by atoms with Crippen LogP contribution in [0.2, 0.25) is 5.02 Å². The summed E-state index contributed by atoms with van der Waals surface area (Å²) in [5, 5.41) is 0.597. The van der Waals surface area contributed by atoms with E-state index in [1.54, 1.807) is 60.8 Å². The predicted octanol–water partition coefficient (Wildman–Crippen LogP) is 5.35. The molecule has 0 spiro atoms. The molecule has 0 saturated carbocycles. The number of fused-ring (bicyclic) bond motifs is 1. The molecule has 3 aromatic carbocycles. The fourth-order valence-electron chi connectivity index (χ4n) is 3.20. The molecule has 0 bridgehead atoms. The van der Waals surface area contributed by atoms with Crippen molar-refractivity contribution in [2.75, 3.05) is 6.61 Å². The van der Waals surface area contributed by atoms with Gasteiger partial charge in [-0.25, -0.2) is 14.8 Å². The Morgan fingerprint density at radius 3 is 2.39 bits per heavy atom. The van der Waals surface area contributed by atoms with Gasteiger partial charge in [-0.3, -0.25) is 4.79 Å². The number of primary amides is 1. The first-order valence-electron chi connectivity index (χ1n) is 11.0. The van der Waals surface area contributed by atoms with Gasteiger partial charge in [0.05, 0.1) is 22.8 Å². The SMILES string of the molecule is CC(C=CCOC(=O)c1ccc(C(N)=O)cc1)Oc1ccc(Oc2cnc3cc(Cl)ccc3n2)cc1. The van der Waals surface area contributed by atoms with Crippen LogP contribution in [-0.2, 0) is 4.74 Å². The van der Waals surface area contributed by atoms with E-state index in [0.717, 1.165) is 0 Å². The van der Waals surface area contributed by atoms with E-state index in [0.29, 0.717) is 44.6 Å². The summed E-state index contributed by atoms with van der Waals surface area (Å²) in [6, 6.07) is 18.3. The Balaban J connectivity index is 1.25. The minimum Gasteiger partial charge on any atom is -0.487 e. The number of halogens is 1. The molecule has 4 aromatic rings. The lowest BCUT2D eigenvalue weighted by Crippen LogP contribution is -2.12. The number of rotatable bonds is 9. The Bertz CT molecular complexity index is 1410. The van der Waals surface area contributed by atoms with Crippen LogP contribution in [0.3, 0.4) is 0 Å². The van der Waals surface area contributed by atoms with E-state index in [9.17, 15) is 9.59 Å². The lowest BCUT2D eigenvalue weighted by atomic mass is 10.1. The zero-order valence-corrected chi connectivity index (χ0v) is 20.0. The van der Waals surface area contributed by atoms with Gasteiger partial charge in [0, 0.05) is 10.6 Å². The number of ether oxygens (including phenoxy) is 3. The quantitative estimate of drug-likeness (QED) is 0.242. The first kappa shape index (κ1) is 24.7. The highest BCUT2D eigenvalue weighted by atomic mass is 35.5. The van der Waals surface area contributed by atoms with E-state index in [-0.39, 0.29) is 12.7 Å². The minimum absolute atomic E-state index is 0.0792. The number of hydrogen-bond donors (Lipinski definition) is 1. The summed E-state index contributed by atoms with van der Waals surface area (Å²) in [5.74, 6) is 0.543. The lowest BCUT2D eigenvalue weighted by Gasteiger charge is -2.12. The maximum atomic E-state index is 12.1. The number of hydrogen-bond acceptors (Lipinski definition) is 7. The van der Waals surface area contributed by atoms with Crippen LogP contribution in [0, 0.1) is 0 Å². The van der Waals surface area contributed by atoms with E-state index in [4.69, 9.17) is 31.5 Å². The summed E-state index contributed by atoms with van der Waals surface area (Å²) >= 11 is 5.98. The molecule has 9 heteroatoms. The van der Waals surface area contributed by atoms with Gasteiger partial charge in [-0.05, 0) is 85.8 Å². The first-order valence-corrected chi connectivity index (χ1v) is 11.4. The molecule has 1 atom stereocenters. The van der Waals surface area contributed by atoms with E-state index in [1.165, 1.54) is 24.3 Å². The van der Waals surface area contributed by atoms with Crippen LogP contribution in [0.1, 0.15) is 27.6 Å². The van der Waals surface area contributed by atoms with Gasteiger partial charge in [0.1, 0.15) is 24.2 Å². The van der Waals surface area contributed by atoms with Crippen LogP contribution in [0.5, 0.6) is 17.4 Å². The molecule has 0 saturated heterocycles. The monoisotopic (exact) mass is 503 g/mol. The van der Waals surface area contributed by atoms with E-state index in [2.05, 4.69) is 9.97 Å². The third-order valence-electron chi connectivity index (χ3n) is 4.97. The summed E-state index contributed by atoms with van der Waals surface area (Å²) < 4.78 is 16.8. The second-order valence-corrected chi connectivity index (χ2v) is 8.14. The van der Waals surface area contributed by atoms with Gasteiger partial charge in [0.25, 0.3) is 0 Å². The molecule has 0 aliphatic heterocycles. The molecule has 36 heavy (non-hydrogen) atoms. The zero-order chi connectivity index (χ0) is 25.5. The summed E-state index contributed by atoms with van der Waals surface area (Å²) in [6.07, 6.45) is 4.76.